The lowest BCUT2D eigenvalue weighted by Crippen LogP contribution is -2.44. The molecule has 0 amide bonds. The van der Waals surface area contributed by atoms with E-state index in [1.165, 1.54) is 6.92 Å². The molecule has 0 aliphatic carbocycles. The molecule has 0 spiro atoms. The van der Waals surface area contributed by atoms with Gasteiger partial charge in [0, 0.05) is 6.42 Å². The zero-order chi connectivity index (χ0) is 14.0. The third-order valence-electron chi connectivity index (χ3n) is 2.04. The van der Waals surface area contributed by atoms with E-state index in [0.717, 1.165) is 0 Å². The highest BCUT2D eigenvalue weighted by atomic mass is 19.1. The van der Waals surface area contributed by atoms with Gasteiger partial charge in [0.15, 0.2) is 13.2 Å². The summed E-state index contributed by atoms with van der Waals surface area (Å²) in [6.07, 6.45) is -0.371. The Balaban J connectivity index is 4.62. The van der Waals surface area contributed by atoms with Gasteiger partial charge in [-0.25, -0.2) is 14.0 Å². The summed E-state index contributed by atoms with van der Waals surface area (Å²) in [5, 5.41) is 0. The molecule has 0 fully saturated rings. The summed E-state index contributed by atoms with van der Waals surface area (Å²) < 4.78 is 23.2. The van der Waals surface area contributed by atoms with Crippen molar-refractivity contribution in [2.75, 3.05) is 13.2 Å². The highest BCUT2D eigenvalue weighted by molar-refractivity contribution is 6.03. The summed E-state index contributed by atoms with van der Waals surface area (Å²) in [4.78, 5) is 22.9. The zero-order valence-electron chi connectivity index (χ0n) is 10.6. The molecule has 18 heavy (non-hydrogen) atoms. The van der Waals surface area contributed by atoms with E-state index in [1.54, 1.807) is 13.8 Å². The molecule has 5 heteroatoms. The minimum absolute atomic E-state index is 0.261. The molecule has 0 aromatic carbocycles. The Morgan fingerprint density at radius 1 is 1.06 bits per heavy atom. The molecule has 0 rings (SSSR count). The van der Waals surface area contributed by atoms with E-state index < -0.39 is 17.6 Å². The van der Waals surface area contributed by atoms with Crippen molar-refractivity contribution in [3.63, 3.8) is 0 Å². The summed E-state index contributed by atoms with van der Waals surface area (Å²) >= 11 is 0. The van der Waals surface area contributed by atoms with Crippen LogP contribution in [0.1, 0.15) is 27.2 Å². The van der Waals surface area contributed by atoms with Crippen molar-refractivity contribution in [2.45, 2.75) is 32.9 Å². The van der Waals surface area contributed by atoms with E-state index in [9.17, 15) is 14.0 Å². The fourth-order valence-electron chi connectivity index (χ4n) is 0.948. The lowest BCUT2D eigenvalue weighted by molar-refractivity contribution is -0.173. The number of hydrogen-bond donors (Lipinski definition) is 0. The zero-order valence-corrected chi connectivity index (χ0v) is 10.6. The maximum absolute atomic E-state index is 14.1. The van der Waals surface area contributed by atoms with Crippen molar-refractivity contribution in [1.29, 1.82) is 0 Å². The standard InChI is InChI=1S/C13H15FO4/c1-4-7-9-17-11(15)13(14,6-3)12(16)18-10-8-5-2/h6,9-10H2,1-3H3. The van der Waals surface area contributed by atoms with Crippen molar-refractivity contribution >= 4 is 11.9 Å². The molecule has 4 nitrogen and oxygen atoms in total. The second kappa shape index (κ2) is 8.14. The fraction of sp³-hybridized carbons (Fsp3) is 0.538. The van der Waals surface area contributed by atoms with Crippen LogP contribution < -0.4 is 0 Å². The Labute approximate surface area is 106 Å². The maximum atomic E-state index is 14.1. The second-order valence-corrected chi connectivity index (χ2v) is 3.16. The normalized spacial score (nSPS) is 9.33. The van der Waals surface area contributed by atoms with Gasteiger partial charge in [0.25, 0.3) is 0 Å². The lowest BCUT2D eigenvalue weighted by atomic mass is 10.0. The van der Waals surface area contributed by atoms with Gasteiger partial charge in [-0.2, -0.15) is 0 Å². The molecule has 0 saturated heterocycles. The van der Waals surface area contributed by atoms with E-state index in [0.29, 0.717) is 0 Å². The fourth-order valence-corrected chi connectivity index (χ4v) is 0.948. The molecule has 0 aliphatic heterocycles. The van der Waals surface area contributed by atoms with Crippen molar-refractivity contribution in [2.24, 2.45) is 0 Å². The minimum Gasteiger partial charge on any atom is -0.450 e. The van der Waals surface area contributed by atoms with Crippen LogP contribution in [0, 0.1) is 23.7 Å². The molecule has 0 aromatic heterocycles. The molecule has 0 unspecified atom stereocenters. The van der Waals surface area contributed by atoms with Crippen LogP contribution in [0.2, 0.25) is 0 Å². The predicted octanol–water partition coefficient (Wildman–Crippen LogP) is 1.24. The number of rotatable bonds is 5. The summed E-state index contributed by atoms with van der Waals surface area (Å²) in [5.41, 5.74) is -2.80. The molecular formula is C13H15FO4. The molecule has 0 radical (unpaired) electrons. The first-order chi connectivity index (χ1) is 8.52. The first-order valence-electron chi connectivity index (χ1n) is 5.35. The van der Waals surface area contributed by atoms with Crippen LogP contribution in [0.5, 0.6) is 0 Å². The number of ether oxygens (including phenoxy) is 2. The van der Waals surface area contributed by atoms with Crippen molar-refractivity contribution < 1.29 is 23.5 Å². The summed E-state index contributed by atoms with van der Waals surface area (Å²) in [5.74, 6) is 7.24. The van der Waals surface area contributed by atoms with Crippen molar-refractivity contribution in [1.82, 2.24) is 0 Å². The molecule has 0 aromatic rings. The van der Waals surface area contributed by atoms with Gasteiger partial charge in [-0.15, -0.1) is 11.8 Å². The molecule has 0 aliphatic rings. The molecule has 0 saturated carbocycles. The summed E-state index contributed by atoms with van der Waals surface area (Å²) in [6.45, 7) is 3.92. The van der Waals surface area contributed by atoms with Crippen LogP contribution in [-0.4, -0.2) is 30.8 Å². The van der Waals surface area contributed by atoms with Gasteiger partial charge in [0.05, 0.1) is 0 Å². The number of esters is 2. The summed E-state index contributed by atoms with van der Waals surface area (Å²) in [6, 6.07) is 0. The number of halogens is 1. The van der Waals surface area contributed by atoms with E-state index >= 15 is 0 Å². The quantitative estimate of drug-likeness (QED) is 0.421. The van der Waals surface area contributed by atoms with Crippen LogP contribution in [-0.2, 0) is 19.1 Å². The number of hydrogen-bond acceptors (Lipinski definition) is 4. The van der Waals surface area contributed by atoms with Gasteiger partial charge in [-0.05, 0) is 13.8 Å². The van der Waals surface area contributed by atoms with Gasteiger partial charge in [0.2, 0.25) is 0 Å². The predicted molar refractivity (Wildman–Crippen MR) is 62.9 cm³/mol. The van der Waals surface area contributed by atoms with Crippen molar-refractivity contribution in [3.8, 4) is 23.7 Å². The number of alkyl halides is 1. The monoisotopic (exact) mass is 254 g/mol. The van der Waals surface area contributed by atoms with Crippen LogP contribution in [0.3, 0.4) is 0 Å². The average molecular weight is 254 g/mol. The van der Waals surface area contributed by atoms with E-state index in [2.05, 4.69) is 33.2 Å². The van der Waals surface area contributed by atoms with Crippen molar-refractivity contribution in [3.05, 3.63) is 0 Å². The van der Waals surface area contributed by atoms with E-state index in [-0.39, 0.29) is 19.6 Å². The second-order valence-electron chi connectivity index (χ2n) is 3.16. The molecule has 0 bridgehead atoms. The molecule has 0 N–H and O–H groups in total. The van der Waals surface area contributed by atoms with Gasteiger partial charge in [-0.3, -0.25) is 0 Å². The van der Waals surface area contributed by atoms with E-state index in [1.807, 2.05) is 0 Å². The SMILES string of the molecule is CC#CCOC(=O)C(F)(CC)C(=O)OCC#CC. The molecule has 0 heterocycles. The topological polar surface area (TPSA) is 52.6 Å². The van der Waals surface area contributed by atoms with Crippen LogP contribution in [0.15, 0.2) is 0 Å². The number of carbonyl (C=O) groups excluding carboxylic acids is 2. The van der Waals surface area contributed by atoms with E-state index in [4.69, 9.17) is 0 Å². The Morgan fingerprint density at radius 2 is 1.44 bits per heavy atom. The van der Waals surface area contributed by atoms with Gasteiger partial charge < -0.3 is 9.47 Å². The Bertz CT molecular complexity index is 384. The van der Waals surface area contributed by atoms with Gasteiger partial charge in [-0.1, -0.05) is 18.8 Å². The van der Waals surface area contributed by atoms with Crippen LogP contribution in [0.25, 0.3) is 0 Å². The van der Waals surface area contributed by atoms with Gasteiger partial charge >= 0.3 is 17.6 Å². The highest BCUT2D eigenvalue weighted by Gasteiger charge is 2.48. The maximum Gasteiger partial charge on any atom is 0.356 e. The highest BCUT2D eigenvalue weighted by Crippen LogP contribution is 2.20. The molecule has 98 valence electrons. The average Bonchev–Trinajstić information content (AvgIpc) is 2.38. The third-order valence-corrected chi connectivity index (χ3v) is 2.04. The summed E-state index contributed by atoms with van der Waals surface area (Å²) in [7, 11) is 0. The third kappa shape index (κ3) is 4.47. The smallest absolute Gasteiger partial charge is 0.356 e. The molecule has 0 atom stereocenters. The Hall–Kier alpha value is -2.01. The first kappa shape index (κ1) is 16.0. The number of carbonyl (C=O) groups is 2. The Morgan fingerprint density at radius 3 is 1.72 bits per heavy atom. The Kier molecular flexibility index (Phi) is 7.23. The molecular weight excluding hydrogens is 239 g/mol. The first-order valence-corrected chi connectivity index (χ1v) is 5.35. The van der Waals surface area contributed by atoms with Crippen LogP contribution in [0.4, 0.5) is 4.39 Å². The lowest BCUT2D eigenvalue weighted by Gasteiger charge is -2.18. The van der Waals surface area contributed by atoms with Gasteiger partial charge in [0.1, 0.15) is 0 Å². The van der Waals surface area contributed by atoms with Crippen LogP contribution >= 0.6 is 0 Å². The largest absolute Gasteiger partial charge is 0.450 e. The minimum atomic E-state index is -2.80.